The molecule has 0 amide bonds. The molecule has 2 heterocycles. The van der Waals surface area contributed by atoms with E-state index in [0.29, 0.717) is 25.8 Å². The third-order valence-electron chi connectivity index (χ3n) is 3.08. The lowest BCUT2D eigenvalue weighted by Crippen LogP contribution is -2.42. The van der Waals surface area contributed by atoms with Crippen molar-refractivity contribution in [2.75, 3.05) is 19.6 Å². The normalized spacial score (nSPS) is 18.1. The number of hydrogen-bond acceptors (Lipinski definition) is 5. The molecular weight excluding hydrogens is 270 g/mol. The van der Waals surface area contributed by atoms with Gasteiger partial charge in [-0.15, -0.1) is 11.3 Å². The first kappa shape index (κ1) is 13.9. The minimum Gasteiger partial charge on any atom is -0.317 e. The van der Waals surface area contributed by atoms with Crippen molar-refractivity contribution in [2.45, 2.75) is 31.4 Å². The topological polar surface area (TPSA) is 71.1 Å². The van der Waals surface area contributed by atoms with Crippen molar-refractivity contribution in [3.05, 3.63) is 16.1 Å². The van der Waals surface area contributed by atoms with Crippen LogP contribution in [-0.2, 0) is 16.4 Å². The van der Waals surface area contributed by atoms with Crippen LogP contribution in [0, 0.1) is 6.92 Å². The smallest absolute Gasteiger partial charge is 0.214 e. The average Bonchev–Trinajstić information content (AvgIpc) is 2.76. The van der Waals surface area contributed by atoms with E-state index in [9.17, 15) is 8.42 Å². The van der Waals surface area contributed by atoms with Crippen molar-refractivity contribution in [3.8, 4) is 0 Å². The summed E-state index contributed by atoms with van der Waals surface area (Å²) in [5.74, 6) is 0. The Labute approximate surface area is 112 Å². The Bertz CT molecular complexity index is 478. The van der Waals surface area contributed by atoms with Crippen LogP contribution < -0.4 is 10.0 Å². The number of aromatic nitrogens is 1. The minimum absolute atomic E-state index is 0.240. The van der Waals surface area contributed by atoms with Crippen LogP contribution in [0.1, 0.15) is 23.5 Å². The van der Waals surface area contributed by atoms with Gasteiger partial charge in [0.05, 0.1) is 16.0 Å². The van der Waals surface area contributed by atoms with Crippen molar-refractivity contribution in [1.29, 1.82) is 0 Å². The zero-order valence-corrected chi connectivity index (χ0v) is 12.1. The van der Waals surface area contributed by atoms with E-state index in [1.165, 1.54) is 0 Å². The van der Waals surface area contributed by atoms with Gasteiger partial charge in [-0.05, 0) is 32.9 Å². The average molecular weight is 289 g/mol. The maximum absolute atomic E-state index is 12.0. The summed E-state index contributed by atoms with van der Waals surface area (Å²) in [6, 6.07) is 0. The minimum atomic E-state index is -3.16. The van der Waals surface area contributed by atoms with Crippen LogP contribution >= 0.6 is 11.3 Å². The highest BCUT2D eigenvalue weighted by Gasteiger charge is 2.26. The van der Waals surface area contributed by atoms with Gasteiger partial charge in [-0.1, -0.05) is 0 Å². The first-order valence-corrected chi connectivity index (χ1v) is 8.61. The molecule has 1 fully saturated rings. The van der Waals surface area contributed by atoms with Crippen molar-refractivity contribution in [1.82, 2.24) is 15.0 Å². The van der Waals surface area contributed by atoms with Crippen LogP contribution in [0.15, 0.2) is 5.38 Å². The monoisotopic (exact) mass is 289 g/mol. The third-order valence-corrected chi connectivity index (χ3v) is 5.85. The highest BCUT2D eigenvalue weighted by Crippen LogP contribution is 2.12. The largest absolute Gasteiger partial charge is 0.317 e. The molecule has 0 bridgehead atoms. The highest BCUT2D eigenvalue weighted by atomic mass is 32.2. The summed E-state index contributed by atoms with van der Waals surface area (Å²) in [5, 5.41) is 5.93. The lowest BCUT2D eigenvalue weighted by Gasteiger charge is -2.22. The van der Waals surface area contributed by atoms with E-state index in [1.54, 1.807) is 11.3 Å². The van der Waals surface area contributed by atoms with E-state index in [4.69, 9.17) is 0 Å². The van der Waals surface area contributed by atoms with Crippen LogP contribution in [-0.4, -0.2) is 38.3 Å². The van der Waals surface area contributed by atoms with Crippen molar-refractivity contribution in [3.63, 3.8) is 0 Å². The molecule has 0 radical (unpaired) electrons. The zero-order valence-electron chi connectivity index (χ0n) is 10.5. The first-order valence-electron chi connectivity index (χ1n) is 6.18. The number of nitrogens with one attached hydrogen (secondary N) is 2. The van der Waals surface area contributed by atoms with Crippen LogP contribution in [0.2, 0.25) is 0 Å². The van der Waals surface area contributed by atoms with Gasteiger partial charge in [-0.2, -0.15) is 0 Å². The van der Waals surface area contributed by atoms with Gasteiger partial charge in [-0.3, -0.25) is 0 Å². The van der Waals surface area contributed by atoms with E-state index in [2.05, 4.69) is 15.0 Å². The van der Waals surface area contributed by atoms with E-state index in [0.717, 1.165) is 23.8 Å². The Balaban J connectivity index is 1.81. The molecule has 1 aromatic rings. The van der Waals surface area contributed by atoms with Crippen molar-refractivity contribution in [2.24, 2.45) is 0 Å². The standard InChI is InChI=1S/C11H19N3O2S2/c1-9-14-10(8-17-9)2-7-13-18(15,16)11-3-5-12-6-4-11/h8,11-13H,2-7H2,1H3. The van der Waals surface area contributed by atoms with Crippen LogP contribution in [0.4, 0.5) is 0 Å². The second kappa shape index (κ2) is 6.10. The molecule has 18 heavy (non-hydrogen) atoms. The van der Waals surface area contributed by atoms with Gasteiger partial charge in [0, 0.05) is 18.3 Å². The van der Waals surface area contributed by atoms with Crippen molar-refractivity contribution < 1.29 is 8.42 Å². The molecule has 1 saturated heterocycles. The number of hydrogen-bond donors (Lipinski definition) is 2. The molecule has 1 aliphatic rings. The van der Waals surface area contributed by atoms with E-state index >= 15 is 0 Å². The first-order chi connectivity index (χ1) is 8.58. The number of aryl methyl sites for hydroxylation is 1. The fraction of sp³-hybridized carbons (Fsp3) is 0.727. The lowest BCUT2D eigenvalue weighted by molar-refractivity contribution is 0.489. The third kappa shape index (κ3) is 3.74. The number of thiazole rings is 1. The number of rotatable bonds is 5. The van der Waals surface area contributed by atoms with Crippen molar-refractivity contribution >= 4 is 21.4 Å². The summed E-state index contributed by atoms with van der Waals surface area (Å²) in [7, 11) is -3.16. The van der Waals surface area contributed by atoms with Gasteiger partial charge in [0.1, 0.15) is 0 Å². The molecular formula is C11H19N3O2S2. The highest BCUT2D eigenvalue weighted by molar-refractivity contribution is 7.90. The summed E-state index contributed by atoms with van der Waals surface area (Å²) in [4.78, 5) is 4.32. The van der Waals surface area contributed by atoms with Gasteiger partial charge >= 0.3 is 0 Å². The number of nitrogens with zero attached hydrogens (tertiary/aromatic N) is 1. The van der Waals surface area contributed by atoms with Crippen LogP contribution in [0.3, 0.4) is 0 Å². The number of piperidine rings is 1. The zero-order chi connectivity index (χ0) is 13.0. The van der Waals surface area contributed by atoms with Gasteiger partial charge < -0.3 is 5.32 Å². The van der Waals surface area contributed by atoms with Crippen LogP contribution in [0.25, 0.3) is 0 Å². The van der Waals surface area contributed by atoms with Gasteiger partial charge in [-0.25, -0.2) is 18.1 Å². The second-order valence-electron chi connectivity index (χ2n) is 4.50. The maximum atomic E-state index is 12.0. The van der Waals surface area contributed by atoms with E-state index in [-0.39, 0.29) is 5.25 Å². The molecule has 0 saturated carbocycles. The molecule has 2 rings (SSSR count). The Morgan fingerprint density at radius 2 is 2.22 bits per heavy atom. The lowest BCUT2D eigenvalue weighted by atomic mass is 10.2. The predicted octanol–water partition coefficient (Wildman–Crippen LogP) is 0.665. The summed E-state index contributed by atoms with van der Waals surface area (Å²) in [6.45, 7) is 3.97. The molecule has 0 aromatic carbocycles. The molecule has 0 spiro atoms. The fourth-order valence-corrected chi connectivity index (χ4v) is 4.19. The van der Waals surface area contributed by atoms with E-state index in [1.807, 2.05) is 12.3 Å². The predicted molar refractivity (Wildman–Crippen MR) is 73.4 cm³/mol. The van der Waals surface area contributed by atoms with Gasteiger partial charge in [0.25, 0.3) is 0 Å². The Morgan fingerprint density at radius 3 is 2.83 bits per heavy atom. The quantitative estimate of drug-likeness (QED) is 0.835. The summed E-state index contributed by atoms with van der Waals surface area (Å²) >= 11 is 1.59. The SMILES string of the molecule is Cc1nc(CCNS(=O)(=O)C2CCNCC2)cs1. The second-order valence-corrected chi connectivity index (χ2v) is 7.60. The Morgan fingerprint density at radius 1 is 1.50 bits per heavy atom. The van der Waals surface area contributed by atoms with Crippen LogP contribution in [0.5, 0.6) is 0 Å². The Hall–Kier alpha value is -0.500. The molecule has 7 heteroatoms. The summed E-state index contributed by atoms with van der Waals surface area (Å²) in [6.07, 6.45) is 2.06. The fourth-order valence-electron chi connectivity index (χ4n) is 2.07. The van der Waals surface area contributed by atoms with E-state index < -0.39 is 10.0 Å². The summed E-state index contributed by atoms with van der Waals surface area (Å²) < 4.78 is 26.7. The molecule has 0 unspecified atom stereocenters. The molecule has 0 atom stereocenters. The van der Waals surface area contributed by atoms with Gasteiger partial charge in [0.15, 0.2) is 0 Å². The summed E-state index contributed by atoms with van der Waals surface area (Å²) in [5.41, 5.74) is 0.963. The molecule has 0 aliphatic carbocycles. The molecule has 1 aromatic heterocycles. The molecule has 102 valence electrons. The molecule has 2 N–H and O–H groups in total. The maximum Gasteiger partial charge on any atom is 0.214 e. The molecule has 1 aliphatic heterocycles. The van der Waals surface area contributed by atoms with Gasteiger partial charge in [0.2, 0.25) is 10.0 Å². The molecule has 5 nitrogen and oxygen atoms in total. The Kier molecular flexibility index (Phi) is 4.71. The number of sulfonamides is 1.